The molecule has 6 heteroatoms. The predicted octanol–water partition coefficient (Wildman–Crippen LogP) is 5.29. The highest BCUT2D eigenvalue weighted by Crippen LogP contribution is 2.27. The number of halogens is 3. The van der Waals surface area contributed by atoms with E-state index in [0.29, 0.717) is 16.1 Å². The first-order valence-electron chi connectivity index (χ1n) is 6.74. The topological polar surface area (TPSA) is 25.2 Å². The molecular weight excluding hydrogens is 321 g/mol. The number of aliphatic imine (C=N–C) groups is 1. The van der Waals surface area contributed by atoms with Crippen LogP contribution in [0, 0.1) is 24.4 Å². The molecule has 0 aliphatic heterocycles. The van der Waals surface area contributed by atoms with Crippen LogP contribution in [-0.4, -0.2) is 11.2 Å². The summed E-state index contributed by atoms with van der Waals surface area (Å²) in [7, 11) is 0. The number of hydrogen-bond acceptors (Lipinski definition) is 3. The van der Waals surface area contributed by atoms with Gasteiger partial charge in [-0.05, 0) is 42.3 Å². The van der Waals surface area contributed by atoms with Crippen molar-refractivity contribution in [2.45, 2.75) is 6.92 Å². The van der Waals surface area contributed by atoms with Crippen molar-refractivity contribution in [1.82, 2.24) is 4.98 Å². The second-order valence-electron chi connectivity index (χ2n) is 4.86. The number of rotatable bonds is 3. The standard InChI is InChI=1S/C17H11F3N2S/c1-10-8-22-17(23-10)9-21-16-5-3-12(7-15(16)20)11-2-4-13(18)14(19)6-11/h2-9H,1H3. The van der Waals surface area contributed by atoms with Crippen molar-refractivity contribution >= 4 is 23.2 Å². The van der Waals surface area contributed by atoms with Crippen LogP contribution in [-0.2, 0) is 0 Å². The van der Waals surface area contributed by atoms with Crippen LogP contribution >= 0.6 is 11.3 Å². The van der Waals surface area contributed by atoms with Crippen molar-refractivity contribution in [3.8, 4) is 11.1 Å². The summed E-state index contributed by atoms with van der Waals surface area (Å²) in [4.78, 5) is 9.23. The minimum atomic E-state index is -0.968. The molecular formula is C17H11F3N2S. The average Bonchev–Trinajstić information content (AvgIpc) is 2.94. The summed E-state index contributed by atoms with van der Waals surface area (Å²) in [5.74, 6) is -2.45. The molecule has 1 heterocycles. The molecule has 0 saturated heterocycles. The number of benzene rings is 2. The fourth-order valence-electron chi connectivity index (χ4n) is 2.02. The molecule has 0 amide bonds. The number of aryl methyl sites for hydroxylation is 1. The van der Waals surface area contributed by atoms with Gasteiger partial charge in [-0.2, -0.15) is 0 Å². The fraction of sp³-hybridized carbons (Fsp3) is 0.0588. The molecule has 0 spiro atoms. The van der Waals surface area contributed by atoms with Gasteiger partial charge in [0.05, 0.1) is 11.9 Å². The fourth-order valence-corrected chi connectivity index (χ4v) is 2.67. The summed E-state index contributed by atoms with van der Waals surface area (Å²) in [5, 5.41) is 0.687. The molecule has 116 valence electrons. The zero-order valence-corrected chi connectivity index (χ0v) is 12.9. The van der Waals surface area contributed by atoms with E-state index in [4.69, 9.17) is 0 Å². The normalized spacial score (nSPS) is 11.3. The summed E-state index contributed by atoms with van der Waals surface area (Å²) >= 11 is 1.46. The van der Waals surface area contributed by atoms with Crippen molar-refractivity contribution in [3.05, 3.63) is 69.9 Å². The van der Waals surface area contributed by atoms with Crippen molar-refractivity contribution < 1.29 is 13.2 Å². The highest BCUT2D eigenvalue weighted by Gasteiger charge is 2.08. The van der Waals surface area contributed by atoms with E-state index in [1.54, 1.807) is 12.3 Å². The van der Waals surface area contributed by atoms with Gasteiger partial charge in [0.25, 0.3) is 0 Å². The lowest BCUT2D eigenvalue weighted by Gasteiger charge is -2.04. The Kier molecular flexibility index (Phi) is 4.25. The van der Waals surface area contributed by atoms with Gasteiger partial charge in [-0.1, -0.05) is 12.1 Å². The molecule has 0 aliphatic rings. The van der Waals surface area contributed by atoms with E-state index in [9.17, 15) is 13.2 Å². The first-order chi connectivity index (χ1) is 11.0. The van der Waals surface area contributed by atoms with Crippen LogP contribution in [0.4, 0.5) is 18.9 Å². The summed E-state index contributed by atoms with van der Waals surface area (Å²) in [6.45, 7) is 1.92. The molecule has 0 unspecified atom stereocenters. The molecule has 0 saturated carbocycles. The van der Waals surface area contributed by atoms with E-state index < -0.39 is 17.5 Å². The van der Waals surface area contributed by atoms with Crippen LogP contribution in [0.25, 0.3) is 11.1 Å². The van der Waals surface area contributed by atoms with Crippen molar-refractivity contribution in [2.75, 3.05) is 0 Å². The number of nitrogens with zero attached hydrogens (tertiary/aromatic N) is 2. The highest BCUT2D eigenvalue weighted by molar-refractivity contribution is 7.13. The van der Waals surface area contributed by atoms with Gasteiger partial charge in [0.2, 0.25) is 0 Å². The molecule has 3 rings (SSSR count). The van der Waals surface area contributed by atoms with Crippen molar-refractivity contribution in [1.29, 1.82) is 0 Å². The molecule has 0 N–H and O–H groups in total. The third kappa shape index (κ3) is 3.48. The van der Waals surface area contributed by atoms with Gasteiger partial charge < -0.3 is 0 Å². The maximum atomic E-state index is 14.1. The van der Waals surface area contributed by atoms with Crippen LogP contribution < -0.4 is 0 Å². The minimum absolute atomic E-state index is 0.157. The third-order valence-corrected chi connectivity index (χ3v) is 4.00. The molecule has 23 heavy (non-hydrogen) atoms. The monoisotopic (exact) mass is 332 g/mol. The zero-order valence-electron chi connectivity index (χ0n) is 12.1. The number of thiazole rings is 1. The zero-order chi connectivity index (χ0) is 16.4. The summed E-state index contributed by atoms with van der Waals surface area (Å²) in [6.07, 6.45) is 3.21. The smallest absolute Gasteiger partial charge is 0.159 e. The molecule has 2 nitrogen and oxygen atoms in total. The van der Waals surface area contributed by atoms with Crippen LogP contribution in [0.1, 0.15) is 9.88 Å². The lowest BCUT2D eigenvalue weighted by molar-refractivity contribution is 0.509. The summed E-state index contributed by atoms with van der Waals surface area (Å²) in [5.41, 5.74) is 1.00. The van der Waals surface area contributed by atoms with E-state index in [2.05, 4.69) is 9.98 Å². The quantitative estimate of drug-likeness (QED) is 0.599. The molecule has 0 aliphatic carbocycles. The van der Waals surface area contributed by atoms with Gasteiger partial charge in [-0.3, -0.25) is 4.99 Å². The maximum Gasteiger partial charge on any atom is 0.159 e. The first-order valence-corrected chi connectivity index (χ1v) is 7.56. The van der Waals surface area contributed by atoms with Gasteiger partial charge in [-0.15, -0.1) is 11.3 Å². The van der Waals surface area contributed by atoms with Crippen LogP contribution in [0.2, 0.25) is 0 Å². The SMILES string of the molecule is Cc1cnc(C=Nc2ccc(-c3ccc(F)c(F)c3)cc2F)s1. The van der Waals surface area contributed by atoms with Gasteiger partial charge >= 0.3 is 0 Å². The molecule has 0 radical (unpaired) electrons. The largest absolute Gasteiger partial charge is 0.251 e. The maximum absolute atomic E-state index is 14.1. The summed E-state index contributed by atoms with van der Waals surface area (Å²) in [6, 6.07) is 7.78. The van der Waals surface area contributed by atoms with E-state index in [1.807, 2.05) is 6.92 Å². The second kappa shape index (κ2) is 6.34. The Hall–Kier alpha value is -2.47. The van der Waals surface area contributed by atoms with E-state index in [0.717, 1.165) is 17.0 Å². The van der Waals surface area contributed by atoms with E-state index >= 15 is 0 Å². The van der Waals surface area contributed by atoms with Gasteiger partial charge in [0.1, 0.15) is 10.8 Å². The van der Waals surface area contributed by atoms with Gasteiger partial charge in [-0.25, -0.2) is 18.2 Å². The summed E-state index contributed by atoms with van der Waals surface area (Å²) < 4.78 is 40.3. The Balaban J connectivity index is 1.88. The molecule has 0 fully saturated rings. The van der Waals surface area contributed by atoms with Crippen LogP contribution in [0.15, 0.2) is 47.6 Å². The number of aromatic nitrogens is 1. The molecule has 0 atom stereocenters. The lowest BCUT2D eigenvalue weighted by Crippen LogP contribution is -1.87. The molecule has 3 aromatic rings. The highest BCUT2D eigenvalue weighted by atomic mass is 32.1. The van der Waals surface area contributed by atoms with Gasteiger partial charge in [0.15, 0.2) is 11.6 Å². The Morgan fingerprint density at radius 1 is 0.957 bits per heavy atom. The first kappa shape index (κ1) is 15.4. The van der Waals surface area contributed by atoms with Gasteiger partial charge in [0, 0.05) is 11.1 Å². The Bertz CT molecular complexity index is 887. The third-order valence-electron chi connectivity index (χ3n) is 3.15. The van der Waals surface area contributed by atoms with Crippen LogP contribution in [0.3, 0.4) is 0 Å². The lowest BCUT2D eigenvalue weighted by atomic mass is 10.0. The van der Waals surface area contributed by atoms with E-state index in [1.165, 1.54) is 35.8 Å². The Labute approximate surface area is 135 Å². The Morgan fingerprint density at radius 2 is 1.65 bits per heavy atom. The second-order valence-corrected chi connectivity index (χ2v) is 6.13. The molecule has 1 aromatic heterocycles. The van der Waals surface area contributed by atoms with Crippen molar-refractivity contribution in [3.63, 3.8) is 0 Å². The minimum Gasteiger partial charge on any atom is -0.251 e. The predicted molar refractivity (Wildman–Crippen MR) is 85.9 cm³/mol. The van der Waals surface area contributed by atoms with Crippen molar-refractivity contribution in [2.24, 2.45) is 4.99 Å². The Morgan fingerprint density at radius 3 is 2.26 bits per heavy atom. The van der Waals surface area contributed by atoms with E-state index in [-0.39, 0.29) is 5.69 Å². The number of hydrogen-bond donors (Lipinski definition) is 0. The molecule has 0 bridgehead atoms. The van der Waals surface area contributed by atoms with Crippen LogP contribution in [0.5, 0.6) is 0 Å². The average molecular weight is 332 g/mol. The molecule has 2 aromatic carbocycles.